The number of rotatable bonds is 4. The maximum absolute atomic E-state index is 13.2. The van der Waals surface area contributed by atoms with Gasteiger partial charge in [0, 0.05) is 29.7 Å². The van der Waals surface area contributed by atoms with Crippen LogP contribution in [0.2, 0.25) is 0 Å². The second-order valence-corrected chi connectivity index (χ2v) is 5.53. The van der Waals surface area contributed by atoms with E-state index in [9.17, 15) is 4.39 Å². The number of ether oxygens (including phenoxy) is 2. The zero-order chi connectivity index (χ0) is 16.4. The molecule has 1 saturated heterocycles. The second-order valence-electron chi connectivity index (χ2n) is 5.53. The lowest BCUT2D eigenvalue weighted by atomic mass is 10.0. The van der Waals surface area contributed by atoms with Crippen LogP contribution in [0.3, 0.4) is 0 Å². The predicted molar refractivity (Wildman–Crippen MR) is 86.5 cm³/mol. The summed E-state index contributed by atoms with van der Waals surface area (Å²) in [5.41, 5.74) is 3.61. The molecule has 0 atom stereocenters. The standard InChI is InChI=1S/C18H16FN3O2/c19-15-3-1-14(2-4-15)18-16(13-5-7-20-8-6-13)11-22(21-18)12-17-23-9-10-24-17/h1-8,11,17H,9-10,12H2. The van der Waals surface area contributed by atoms with Crippen LogP contribution < -0.4 is 0 Å². The van der Waals surface area contributed by atoms with E-state index in [-0.39, 0.29) is 12.1 Å². The van der Waals surface area contributed by atoms with Crippen molar-refractivity contribution in [3.05, 3.63) is 60.8 Å². The van der Waals surface area contributed by atoms with Crippen molar-refractivity contribution in [2.75, 3.05) is 13.2 Å². The van der Waals surface area contributed by atoms with Crippen LogP contribution in [-0.2, 0) is 16.0 Å². The molecule has 0 radical (unpaired) electrons. The molecule has 0 amide bonds. The molecule has 0 unspecified atom stereocenters. The Morgan fingerprint density at radius 3 is 2.42 bits per heavy atom. The minimum atomic E-state index is -0.281. The molecule has 2 aromatic heterocycles. The fraction of sp³-hybridized carbons (Fsp3) is 0.222. The van der Waals surface area contributed by atoms with Crippen molar-refractivity contribution in [2.45, 2.75) is 12.8 Å². The Hall–Kier alpha value is -2.57. The number of halogens is 1. The lowest BCUT2D eigenvalue weighted by molar-refractivity contribution is -0.0545. The van der Waals surface area contributed by atoms with Crippen molar-refractivity contribution in [1.29, 1.82) is 0 Å². The van der Waals surface area contributed by atoms with Gasteiger partial charge in [-0.25, -0.2) is 4.39 Å². The maximum Gasteiger partial charge on any atom is 0.177 e. The number of nitrogens with zero attached hydrogens (tertiary/aromatic N) is 3. The lowest BCUT2D eigenvalue weighted by Gasteiger charge is -2.08. The Morgan fingerprint density at radius 2 is 1.71 bits per heavy atom. The molecule has 0 N–H and O–H groups in total. The molecule has 1 aliphatic rings. The average molecular weight is 325 g/mol. The fourth-order valence-electron chi connectivity index (χ4n) is 2.74. The van der Waals surface area contributed by atoms with Gasteiger partial charge in [0.2, 0.25) is 0 Å². The van der Waals surface area contributed by atoms with E-state index in [1.54, 1.807) is 24.5 Å². The zero-order valence-corrected chi connectivity index (χ0v) is 12.9. The van der Waals surface area contributed by atoms with Crippen molar-refractivity contribution >= 4 is 0 Å². The normalized spacial score (nSPS) is 15.0. The molecule has 6 heteroatoms. The number of hydrogen-bond acceptors (Lipinski definition) is 4. The monoisotopic (exact) mass is 325 g/mol. The van der Waals surface area contributed by atoms with Gasteiger partial charge < -0.3 is 9.47 Å². The molecule has 3 heterocycles. The van der Waals surface area contributed by atoms with E-state index in [1.807, 2.05) is 23.0 Å². The highest BCUT2D eigenvalue weighted by Gasteiger charge is 2.19. The third kappa shape index (κ3) is 3.06. The van der Waals surface area contributed by atoms with Gasteiger partial charge in [-0.15, -0.1) is 0 Å². The second kappa shape index (κ2) is 6.51. The van der Waals surface area contributed by atoms with Crippen LogP contribution in [0.5, 0.6) is 0 Å². The van der Waals surface area contributed by atoms with Gasteiger partial charge in [-0.1, -0.05) is 0 Å². The van der Waals surface area contributed by atoms with Crippen molar-refractivity contribution in [3.8, 4) is 22.4 Å². The highest BCUT2D eigenvalue weighted by Crippen LogP contribution is 2.31. The van der Waals surface area contributed by atoms with Crippen LogP contribution in [0.4, 0.5) is 4.39 Å². The average Bonchev–Trinajstić information content (AvgIpc) is 3.27. The Labute approximate surface area is 138 Å². The molecule has 4 rings (SSSR count). The minimum absolute atomic E-state index is 0.267. The first-order chi connectivity index (χ1) is 11.8. The summed E-state index contributed by atoms with van der Waals surface area (Å²) in [4.78, 5) is 4.06. The number of hydrogen-bond donors (Lipinski definition) is 0. The van der Waals surface area contributed by atoms with Crippen LogP contribution in [0.25, 0.3) is 22.4 Å². The third-order valence-corrected chi connectivity index (χ3v) is 3.90. The van der Waals surface area contributed by atoms with Gasteiger partial charge in [-0.05, 0) is 42.0 Å². The summed E-state index contributed by atoms with van der Waals surface area (Å²) in [5.74, 6) is -0.267. The summed E-state index contributed by atoms with van der Waals surface area (Å²) in [6, 6.07) is 10.2. The van der Waals surface area contributed by atoms with E-state index < -0.39 is 0 Å². The van der Waals surface area contributed by atoms with E-state index in [1.165, 1.54) is 12.1 Å². The van der Waals surface area contributed by atoms with Crippen LogP contribution in [0.15, 0.2) is 55.0 Å². The Morgan fingerprint density at radius 1 is 1.00 bits per heavy atom. The van der Waals surface area contributed by atoms with Gasteiger partial charge in [-0.3, -0.25) is 9.67 Å². The van der Waals surface area contributed by atoms with E-state index in [2.05, 4.69) is 10.1 Å². The molecule has 0 aliphatic carbocycles. The summed E-state index contributed by atoms with van der Waals surface area (Å²) in [5, 5.41) is 4.66. The zero-order valence-electron chi connectivity index (χ0n) is 12.9. The van der Waals surface area contributed by atoms with Gasteiger partial charge in [0.1, 0.15) is 11.5 Å². The number of benzene rings is 1. The minimum Gasteiger partial charge on any atom is -0.348 e. The Kier molecular flexibility index (Phi) is 4.06. The first kappa shape index (κ1) is 15.0. The van der Waals surface area contributed by atoms with Gasteiger partial charge >= 0.3 is 0 Å². The van der Waals surface area contributed by atoms with Gasteiger partial charge in [0.15, 0.2) is 6.29 Å². The SMILES string of the molecule is Fc1ccc(-c2nn(CC3OCCO3)cc2-c2ccncc2)cc1. The molecule has 1 fully saturated rings. The summed E-state index contributed by atoms with van der Waals surface area (Å²) < 4.78 is 26.0. The first-order valence-electron chi connectivity index (χ1n) is 7.76. The van der Waals surface area contributed by atoms with E-state index in [0.29, 0.717) is 19.8 Å². The Balaban J connectivity index is 1.74. The highest BCUT2D eigenvalue weighted by molar-refractivity contribution is 5.80. The largest absolute Gasteiger partial charge is 0.348 e. The highest BCUT2D eigenvalue weighted by atomic mass is 19.1. The molecule has 3 aromatic rings. The summed E-state index contributed by atoms with van der Waals surface area (Å²) in [6.07, 6.45) is 5.16. The van der Waals surface area contributed by atoms with E-state index >= 15 is 0 Å². The number of pyridine rings is 1. The van der Waals surface area contributed by atoms with Crippen molar-refractivity contribution in [3.63, 3.8) is 0 Å². The van der Waals surface area contributed by atoms with Crippen molar-refractivity contribution in [2.24, 2.45) is 0 Å². The van der Waals surface area contributed by atoms with E-state index in [4.69, 9.17) is 9.47 Å². The molecule has 0 spiro atoms. The lowest BCUT2D eigenvalue weighted by Crippen LogP contribution is -2.17. The summed E-state index contributed by atoms with van der Waals surface area (Å²) >= 11 is 0. The molecular weight excluding hydrogens is 309 g/mol. The molecule has 24 heavy (non-hydrogen) atoms. The summed E-state index contributed by atoms with van der Waals surface area (Å²) in [6.45, 7) is 1.72. The van der Waals surface area contributed by atoms with Crippen molar-refractivity contribution in [1.82, 2.24) is 14.8 Å². The van der Waals surface area contributed by atoms with Crippen LogP contribution in [0, 0.1) is 5.82 Å². The molecule has 0 bridgehead atoms. The van der Waals surface area contributed by atoms with Gasteiger partial charge in [0.25, 0.3) is 0 Å². The maximum atomic E-state index is 13.2. The van der Waals surface area contributed by atoms with Crippen LogP contribution >= 0.6 is 0 Å². The van der Waals surface area contributed by atoms with Gasteiger partial charge in [0.05, 0.1) is 19.8 Å². The molecular formula is C18H16FN3O2. The molecule has 1 aromatic carbocycles. The van der Waals surface area contributed by atoms with Crippen LogP contribution in [-0.4, -0.2) is 34.3 Å². The summed E-state index contributed by atoms with van der Waals surface area (Å²) in [7, 11) is 0. The fourth-order valence-corrected chi connectivity index (χ4v) is 2.74. The predicted octanol–water partition coefficient (Wildman–Crippen LogP) is 3.12. The molecule has 0 saturated carbocycles. The van der Waals surface area contributed by atoms with E-state index in [0.717, 1.165) is 22.4 Å². The molecule has 122 valence electrons. The third-order valence-electron chi connectivity index (χ3n) is 3.90. The molecule has 1 aliphatic heterocycles. The number of aromatic nitrogens is 3. The molecule has 5 nitrogen and oxygen atoms in total. The van der Waals surface area contributed by atoms with Gasteiger partial charge in [-0.2, -0.15) is 5.10 Å². The quantitative estimate of drug-likeness (QED) is 0.739. The first-order valence-corrected chi connectivity index (χ1v) is 7.76. The smallest absolute Gasteiger partial charge is 0.177 e. The Bertz CT molecular complexity index is 812. The van der Waals surface area contributed by atoms with Crippen molar-refractivity contribution < 1.29 is 13.9 Å². The van der Waals surface area contributed by atoms with Crippen LogP contribution in [0.1, 0.15) is 0 Å². The topological polar surface area (TPSA) is 49.2 Å².